The third kappa shape index (κ3) is 4.69. The minimum Gasteiger partial charge on any atom is -0.371 e. The Balaban J connectivity index is 1.27. The quantitative estimate of drug-likeness (QED) is 0.784. The van der Waals surface area contributed by atoms with Crippen LogP contribution in [0.25, 0.3) is 0 Å². The molecule has 8 heteroatoms. The molecule has 4 rings (SSSR count). The minimum absolute atomic E-state index is 0.00235. The van der Waals surface area contributed by atoms with Crippen LogP contribution >= 0.6 is 0 Å². The molecule has 1 aromatic heterocycles. The highest BCUT2D eigenvalue weighted by Crippen LogP contribution is 2.26. The first-order chi connectivity index (χ1) is 14.6. The van der Waals surface area contributed by atoms with Crippen molar-refractivity contribution >= 4 is 29.1 Å². The molecule has 0 bridgehead atoms. The second-order valence-corrected chi connectivity index (χ2v) is 8.01. The first kappa shape index (κ1) is 20.1. The number of anilines is 3. The average molecular weight is 409 g/mol. The number of carbonyl (C=O) groups excluding carboxylic acids is 2. The molecule has 8 nitrogen and oxygen atoms in total. The number of nitrogens with one attached hydrogen (secondary N) is 1. The van der Waals surface area contributed by atoms with Crippen LogP contribution in [-0.4, -0.2) is 48.0 Å². The number of piperidine rings is 2. The van der Waals surface area contributed by atoms with Crippen molar-refractivity contribution in [3.63, 3.8) is 0 Å². The van der Waals surface area contributed by atoms with Crippen LogP contribution in [0.4, 0.5) is 17.3 Å². The molecule has 2 fully saturated rings. The predicted octanol–water partition coefficient (Wildman–Crippen LogP) is 2.03. The lowest BCUT2D eigenvalue weighted by Crippen LogP contribution is -2.39. The molecular weight excluding hydrogens is 380 g/mol. The lowest BCUT2D eigenvalue weighted by molar-refractivity contribution is -0.122. The molecule has 1 aromatic carbocycles. The molecule has 2 aliphatic rings. The normalized spacial score (nSPS) is 18.3. The molecular formula is C22H28N6O2. The Labute approximate surface area is 176 Å². The van der Waals surface area contributed by atoms with Crippen LogP contribution in [0.5, 0.6) is 0 Å². The molecule has 2 aromatic rings. The average Bonchev–Trinajstić information content (AvgIpc) is 2.80. The summed E-state index contributed by atoms with van der Waals surface area (Å²) in [4.78, 5) is 37.0. The molecule has 3 N–H and O–H groups in total. The summed E-state index contributed by atoms with van der Waals surface area (Å²) in [5, 5.41) is 3.05. The van der Waals surface area contributed by atoms with Gasteiger partial charge in [0.25, 0.3) is 0 Å². The van der Waals surface area contributed by atoms with E-state index in [4.69, 9.17) is 5.73 Å². The molecule has 0 atom stereocenters. The van der Waals surface area contributed by atoms with E-state index in [1.807, 2.05) is 24.3 Å². The molecule has 0 spiro atoms. The first-order valence-electron chi connectivity index (χ1n) is 10.6. The van der Waals surface area contributed by atoms with Crippen molar-refractivity contribution in [2.75, 3.05) is 41.3 Å². The molecule has 0 aliphatic carbocycles. The van der Waals surface area contributed by atoms with Crippen molar-refractivity contribution in [1.82, 2.24) is 9.97 Å². The van der Waals surface area contributed by atoms with E-state index < -0.39 is 0 Å². The zero-order valence-electron chi connectivity index (χ0n) is 17.0. The van der Waals surface area contributed by atoms with Gasteiger partial charge in [-0.1, -0.05) is 0 Å². The van der Waals surface area contributed by atoms with Gasteiger partial charge in [-0.25, -0.2) is 9.97 Å². The summed E-state index contributed by atoms with van der Waals surface area (Å²) in [5.74, 6) is 0.581. The van der Waals surface area contributed by atoms with E-state index in [0.29, 0.717) is 0 Å². The minimum atomic E-state index is -0.199. The maximum Gasteiger partial charge on any atom is 0.227 e. The summed E-state index contributed by atoms with van der Waals surface area (Å²) < 4.78 is 0. The Bertz CT molecular complexity index is 857. The van der Waals surface area contributed by atoms with E-state index in [1.54, 1.807) is 18.5 Å². The number of amides is 2. The highest BCUT2D eigenvalue weighted by atomic mass is 16.2. The predicted molar refractivity (Wildman–Crippen MR) is 116 cm³/mol. The van der Waals surface area contributed by atoms with E-state index in [0.717, 1.165) is 69.2 Å². The Hall–Kier alpha value is -3.16. The highest BCUT2D eigenvalue weighted by molar-refractivity contribution is 5.92. The maximum absolute atomic E-state index is 12.7. The van der Waals surface area contributed by atoms with Crippen LogP contribution in [0.3, 0.4) is 0 Å². The summed E-state index contributed by atoms with van der Waals surface area (Å²) in [6.45, 7) is 3.20. The number of rotatable bonds is 5. The van der Waals surface area contributed by atoms with Crippen LogP contribution in [-0.2, 0) is 9.59 Å². The van der Waals surface area contributed by atoms with Gasteiger partial charge in [-0.2, -0.15) is 0 Å². The van der Waals surface area contributed by atoms with Crippen molar-refractivity contribution in [3.8, 4) is 0 Å². The topological polar surface area (TPSA) is 104 Å². The number of aromatic nitrogens is 2. The molecule has 30 heavy (non-hydrogen) atoms. The van der Waals surface area contributed by atoms with Crippen molar-refractivity contribution in [2.45, 2.75) is 25.7 Å². The molecule has 0 saturated carbocycles. The third-order valence-electron chi connectivity index (χ3n) is 6.10. The number of nitrogens with two attached hydrogens (primary N) is 1. The van der Waals surface area contributed by atoms with Gasteiger partial charge in [0.15, 0.2) is 0 Å². The third-order valence-corrected chi connectivity index (χ3v) is 6.10. The monoisotopic (exact) mass is 408 g/mol. The second kappa shape index (κ2) is 9.11. The van der Waals surface area contributed by atoms with Crippen molar-refractivity contribution in [3.05, 3.63) is 42.7 Å². The first-order valence-corrected chi connectivity index (χ1v) is 10.6. The molecule has 2 amide bonds. The number of hydrogen-bond donors (Lipinski definition) is 2. The zero-order valence-corrected chi connectivity index (χ0v) is 17.0. The van der Waals surface area contributed by atoms with E-state index in [9.17, 15) is 9.59 Å². The molecule has 158 valence electrons. The molecule has 2 saturated heterocycles. The van der Waals surface area contributed by atoms with E-state index in [-0.39, 0.29) is 23.7 Å². The number of carbonyl (C=O) groups is 2. The standard InChI is InChI=1S/C22H28N6O2/c23-20(29)16-6-12-27(13-7-16)19-4-2-18(3-5-19)26-21(30)17-8-14-28(15-9-17)22-24-10-1-11-25-22/h1-5,10-11,16-17H,6-9,12-15H2,(H2,23,29)(H,26,30). The fraction of sp³-hybridized carbons (Fsp3) is 0.455. The Kier molecular flexibility index (Phi) is 6.11. The van der Waals surface area contributed by atoms with Gasteiger partial charge in [0, 0.05) is 61.8 Å². The van der Waals surface area contributed by atoms with E-state index in [1.165, 1.54) is 0 Å². The molecule has 3 heterocycles. The van der Waals surface area contributed by atoms with Crippen LogP contribution in [0.15, 0.2) is 42.7 Å². The maximum atomic E-state index is 12.7. The van der Waals surface area contributed by atoms with Crippen LogP contribution in [0, 0.1) is 11.8 Å². The van der Waals surface area contributed by atoms with Gasteiger partial charge in [-0.15, -0.1) is 0 Å². The zero-order chi connectivity index (χ0) is 20.9. The van der Waals surface area contributed by atoms with Crippen molar-refractivity contribution < 1.29 is 9.59 Å². The van der Waals surface area contributed by atoms with Crippen molar-refractivity contribution in [1.29, 1.82) is 0 Å². The highest BCUT2D eigenvalue weighted by Gasteiger charge is 2.26. The van der Waals surface area contributed by atoms with Crippen LogP contribution in [0.2, 0.25) is 0 Å². The molecule has 0 radical (unpaired) electrons. The Morgan fingerprint density at radius 2 is 1.43 bits per heavy atom. The van der Waals surface area contributed by atoms with Crippen molar-refractivity contribution in [2.24, 2.45) is 17.6 Å². The number of benzene rings is 1. The summed E-state index contributed by atoms with van der Waals surface area (Å²) in [6, 6.07) is 9.74. The van der Waals surface area contributed by atoms with Gasteiger partial charge < -0.3 is 20.9 Å². The number of primary amides is 1. The summed E-state index contributed by atoms with van der Waals surface area (Å²) in [6.07, 6.45) is 6.64. The fourth-order valence-electron chi connectivity index (χ4n) is 4.22. The Morgan fingerprint density at radius 3 is 2.03 bits per heavy atom. The SMILES string of the molecule is NC(=O)C1CCN(c2ccc(NC(=O)C3CCN(c4ncccn4)CC3)cc2)CC1. The van der Waals surface area contributed by atoms with Gasteiger partial charge in [-0.3, -0.25) is 9.59 Å². The lowest BCUT2D eigenvalue weighted by atomic mass is 9.95. The van der Waals surface area contributed by atoms with Gasteiger partial charge in [0.2, 0.25) is 17.8 Å². The summed E-state index contributed by atoms with van der Waals surface area (Å²) in [7, 11) is 0. The smallest absolute Gasteiger partial charge is 0.227 e. The molecule has 0 unspecified atom stereocenters. The van der Waals surface area contributed by atoms with Crippen LogP contribution in [0.1, 0.15) is 25.7 Å². The molecule has 2 aliphatic heterocycles. The van der Waals surface area contributed by atoms with Gasteiger partial charge >= 0.3 is 0 Å². The summed E-state index contributed by atoms with van der Waals surface area (Å²) >= 11 is 0. The fourth-order valence-corrected chi connectivity index (χ4v) is 4.22. The summed E-state index contributed by atoms with van der Waals surface area (Å²) in [5.41, 5.74) is 7.32. The number of nitrogens with zero attached hydrogens (tertiary/aromatic N) is 4. The van der Waals surface area contributed by atoms with Gasteiger partial charge in [0.1, 0.15) is 0 Å². The van der Waals surface area contributed by atoms with E-state index >= 15 is 0 Å². The van der Waals surface area contributed by atoms with Crippen LogP contribution < -0.4 is 20.9 Å². The largest absolute Gasteiger partial charge is 0.371 e. The van der Waals surface area contributed by atoms with Gasteiger partial charge in [0.05, 0.1) is 0 Å². The Morgan fingerprint density at radius 1 is 0.867 bits per heavy atom. The van der Waals surface area contributed by atoms with Gasteiger partial charge in [-0.05, 0) is 56.0 Å². The lowest BCUT2D eigenvalue weighted by Gasteiger charge is -2.32. The number of hydrogen-bond acceptors (Lipinski definition) is 6. The van der Waals surface area contributed by atoms with E-state index in [2.05, 4.69) is 25.1 Å². The second-order valence-electron chi connectivity index (χ2n) is 8.01.